The second-order valence-corrected chi connectivity index (χ2v) is 9.90. The highest BCUT2D eigenvalue weighted by Crippen LogP contribution is 2.34. The Bertz CT molecular complexity index is 1610. The van der Waals surface area contributed by atoms with Crippen LogP contribution in [-0.4, -0.2) is 15.8 Å². The molecule has 0 unspecified atom stereocenters. The van der Waals surface area contributed by atoms with E-state index >= 15 is 0 Å². The smallest absolute Gasteiger partial charge is 0.138 e. The van der Waals surface area contributed by atoms with Gasteiger partial charge in [0, 0.05) is 58.2 Å². The minimum absolute atomic E-state index is 0.0805. The molecule has 2 aromatic heterocycles. The Morgan fingerprint density at radius 3 is 2.42 bits per heavy atom. The average Bonchev–Trinajstić information content (AvgIpc) is 3.17. The molecule has 2 heterocycles. The number of pyridine rings is 1. The van der Waals surface area contributed by atoms with Crippen molar-refractivity contribution in [3.05, 3.63) is 124 Å². The molecule has 0 fully saturated rings. The third-order valence-electron chi connectivity index (χ3n) is 6.71. The van der Waals surface area contributed by atoms with E-state index in [1.807, 2.05) is 25.1 Å². The third-order valence-corrected chi connectivity index (χ3v) is 6.97. The van der Waals surface area contributed by atoms with Gasteiger partial charge in [0.1, 0.15) is 23.2 Å². The molecule has 1 N–H and O–H groups in total. The first-order valence-electron chi connectivity index (χ1n) is 12.2. The van der Waals surface area contributed by atoms with Crippen LogP contribution in [0.4, 0.5) is 13.2 Å². The topological polar surface area (TPSA) is 45.8 Å². The van der Waals surface area contributed by atoms with Gasteiger partial charge in [-0.3, -0.25) is 9.78 Å². The fourth-order valence-corrected chi connectivity index (χ4v) is 5.15. The Hall–Kier alpha value is -3.90. The van der Waals surface area contributed by atoms with Gasteiger partial charge < -0.3 is 4.98 Å². The molecule has 5 aromatic rings. The number of benzene rings is 3. The first-order chi connectivity index (χ1) is 18.3. The summed E-state index contributed by atoms with van der Waals surface area (Å²) in [4.78, 5) is 21.3. The fraction of sp³-hybridized carbons (Fsp3) is 0.161. The van der Waals surface area contributed by atoms with Gasteiger partial charge in [0.2, 0.25) is 0 Å². The van der Waals surface area contributed by atoms with Crippen LogP contribution in [0.2, 0.25) is 5.02 Å². The lowest BCUT2D eigenvalue weighted by atomic mass is 9.85. The number of hydrogen-bond acceptors (Lipinski definition) is 2. The number of ketones is 1. The van der Waals surface area contributed by atoms with Gasteiger partial charge in [0.05, 0.1) is 5.69 Å². The lowest BCUT2D eigenvalue weighted by molar-refractivity contribution is -0.118. The molecule has 0 aliphatic heterocycles. The van der Waals surface area contributed by atoms with E-state index in [1.165, 1.54) is 24.3 Å². The molecular weight excluding hydrogens is 509 g/mol. The molecule has 0 aliphatic rings. The highest BCUT2D eigenvalue weighted by molar-refractivity contribution is 6.30. The zero-order valence-corrected chi connectivity index (χ0v) is 21.3. The molecule has 0 saturated carbocycles. The quantitative estimate of drug-likeness (QED) is 0.219. The molecule has 1 atom stereocenters. The van der Waals surface area contributed by atoms with Crippen molar-refractivity contribution in [3.8, 4) is 11.1 Å². The van der Waals surface area contributed by atoms with E-state index in [2.05, 4.69) is 9.97 Å². The Morgan fingerprint density at radius 2 is 1.68 bits per heavy atom. The van der Waals surface area contributed by atoms with E-state index < -0.39 is 17.6 Å². The number of aromatic amines is 1. The monoisotopic (exact) mass is 532 g/mol. The number of Topliss-reactive ketones (excluding diaryl/α,β-unsaturated/α-hetero) is 1. The predicted octanol–water partition coefficient (Wildman–Crippen LogP) is 8.14. The Kier molecular flexibility index (Phi) is 7.34. The van der Waals surface area contributed by atoms with Crippen LogP contribution in [0.1, 0.15) is 34.9 Å². The summed E-state index contributed by atoms with van der Waals surface area (Å²) in [5.74, 6) is -2.29. The first-order valence-corrected chi connectivity index (χ1v) is 12.6. The van der Waals surface area contributed by atoms with Gasteiger partial charge in [-0.2, -0.15) is 0 Å². The maximum Gasteiger partial charge on any atom is 0.138 e. The summed E-state index contributed by atoms with van der Waals surface area (Å²) >= 11 is 6.08. The minimum atomic E-state index is -0.680. The van der Waals surface area contributed by atoms with Crippen molar-refractivity contribution in [2.45, 2.75) is 32.1 Å². The SMILES string of the molecule is Cc1[nH]c2ccc(F)cc2c1CC(=O)C[C@@H](Cc1cc(F)cc(F)c1)c1ncccc1-c1ccc(Cl)cc1. The number of carbonyl (C=O) groups is 1. The summed E-state index contributed by atoms with van der Waals surface area (Å²) in [5.41, 5.74) is 5.04. The van der Waals surface area contributed by atoms with Gasteiger partial charge in [-0.25, -0.2) is 13.2 Å². The van der Waals surface area contributed by atoms with Crippen molar-refractivity contribution in [3.63, 3.8) is 0 Å². The van der Waals surface area contributed by atoms with Crippen LogP contribution >= 0.6 is 11.6 Å². The fourth-order valence-electron chi connectivity index (χ4n) is 5.02. The molecule has 3 aromatic carbocycles. The number of rotatable bonds is 8. The second-order valence-electron chi connectivity index (χ2n) is 9.46. The lowest BCUT2D eigenvalue weighted by Crippen LogP contribution is -2.15. The summed E-state index contributed by atoms with van der Waals surface area (Å²) in [5, 5.41) is 1.26. The van der Waals surface area contributed by atoms with Crippen molar-refractivity contribution in [1.29, 1.82) is 0 Å². The predicted molar refractivity (Wildman–Crippen MR) is 144 cm³/mol. The molecule has 0 saturated heterocycles. The Morgan fingerprint density at radius 1 is 0.947 bits per heavy atom. The van der Waals surface area contributed by atoms with Crippen LogP contribution in [-0.2, 0) is 17.6 Å². The highest BCUT2D eigenvalue weighted by atomic mass is 35.5. The van der Waals surface area contributed by atoms with Crippen LogP contribution in [0, 0.1) is 24.4 Å². The number of nitrogens with zero attached hydrogens (tertiary/aromatic N) is 1. The number of fused-ring (bicyclic) bond motifs is 1. The molecular formula is C31H24ClF3N2O. The molecule has 192 valence electrons. The maximum atomic E-state index is 14.0. The number of hydrogen-bond donors (Lipinski definition) is 1. The van der Waals surface area contributed by atoms with E-state index in [-0.39, 0.29) is 30.9 Å². The molecule has 0 spiro atoms. The molecule has 7 heteroatoms. The highest BCUT2D eigenvalue weighted by Gasteiger charge is 2.24. The minimum Gasteiger partial charge on any atom is -0.358 e. The molecule has 0 radical (unpaired) electrons. The zero-order valence-electron chi connectivity index (χ0n) is 20.6. The Labute approximate surface area is 223 Å². The average molecular weight is 533 g/mol. The van der Waals surface area contributed by atoms with Crippen LogP contribution in [0.15, 0.2) is 79.0 Å². The summed E-state index contributed by atoms with van der Waals surface area (Å²) in [6.07, 6.45) is 2.02. The van der Waals surface area contributed by atoms with Crippen molar-refractivity contribution < 1.29 is 18.0 Å². The lowest BCUT2D eigenvalue weighted by Gasteiger charge is -2.20. The van der Waals surface area contributed by atoms with E-state index in [0.29, 0.717) is 21.7 Å². The summed E-state index contributed by atoms with van der Waals surface area (Å²) in [7, 11) is 0. The van der Waals surface area contributed by atoms with Crippen molar-refractivity contribution in [2.75, 3.05) is 0 Å². The van der Waals surface area contributed by atoms with E-state index in [1.54, 1.807) is 30.5 Å². The molecule has 0 amide bonds. The zero-order chi connectivity index (χ0) is 26.8. The van der Waals surface area contributed by atoms with Gasteiger partial charge >= 0.3 is 0 Å². The Balaban J connectivity index is 1.51. The van der Waals surface area contributed by atoms with E-state index in [0.717, 1.165) is 34.0 Å². The van der Waals surface area contributed by atoms with Gasteiger partial charge in [0.25, 0.3) is 0 Å². The largest absolute Gasteiger partial charge is 0.358 e. The van der Waals surface area contributed by atoms with Crippen molar-refractivity contribution >= 4 is 28.3 Å². The van der Waals surface area contributed by atoms with Gasteiger partial charge in [-0.1, -0.05) is 29.8 Å². The number of aromatic nitrogens is 2. The van der Waals surface area contributed by atoms with Crippen LogP contribution in [0.3, 0.4) is 0 Å². The number of carbonyl (C=O) groups excluding carboxylic acids is 1. The summed E-state index contributed by atoms with van der Waals surface area (Å²) in [6, 6.07) is 18.8. The number of halogens is 4. The van der Waals surface area contributed by atoms with Gasteiger partial charge in [0.15, 0.2) is 0 Å². The first kappa shape index (κ1) is 25.7. The molecule has 0 bridgehead atoms. The number of H-pyrrole nitrogens is 1. The maximum absolute atomic E-state index is 14.0. The van der Waals surface area contributed by atoms with E-state index in [4.69, 9.17) is 11.6 Å². The molecule has 5 rings (SSSR count). The van der Waals surface area contributed by atoms with Crippen LogP contribution < -0.4 is 0 Å². The molecule has 38 heavy (non-hydrogen) atoms. The normalized spacial score (nSPS) is 12.1. The van der Waals surface area contributed by atoms with Gasteiger partial charge in [-0.05, 0) is 78.6 Å². The van der Waals surface area contributed by atoms with Crippen LogP contribution in [0.5, 0.6) is 0 Å². The van der Waals surface area contributed by atoms with Crippen molar-refractivity contribution in [2.24, 2.45) is 0 Å². The standard InChI is InChI=1S/C31H24ClF3N2O/c1-18-28(29-16-23(33)8-9-30(29)37-18)17-26(38)14-21(11-19-12-24(34)15-25(35)13-19)31-27(3-2-10-36-31)20-4-6-22(32)7-5-20/h2-10,12-13,15-16,21,37H,11,14,17H2,1H3/t21-/m1/s1. The number of aryl methyl sites for hydroxylation is 1. The molecule has 3 nitrogen and oxygen atoms in total. The van der Waals surface area contributed by atoms with Gasteiger partial charge in [-0.15, -0.1) is 0 Å². The number of nitrogens with one attached hydrogen (secondary N) is 1. The van der Waals surface area contributed by atoms with Crippen molar-refractivity contribution in [1.82, 2.24) is 9.97 Å². The third kappa shape index (κ3) is 5.65. The van der Waals surface area contributed by atoms with E-state index in [9.17, 15) is 18.0 Å². The summed E-state index contributed by atoms with van der Waals surface area (Å²) < 4.78 is 42.0. The summed E-state index contributed by atoms with van der Waals surface area (Å²) in [6.45, 7) is 1.85. The van der Waals surface area contributed by atoms with Crippen LogP contribution in [0.25, 0.3) is 22.0 Å². The second kappa shape index (κ2) is 10.8. The molecule has 0 aliphatic carbocycles.